The van der Waals surface area contributed by atoms with Gasteiger partial charge in [-0.2, -0.15) is 13.2 Å². The van der Waals surface area contributed by atoms with Crippen molar-refractivity contribution in [2.75, 3.05) is 11.9 Å². The fourth-order valence-corrected chi connectivity index (χ4v) is 2.67. The van der Waals surface area contributed by atoms with Crippen LogP contribution in [-0.4, -0.2) is 29.5 Å². The first kappa shape index (κ1) is 14.8. The third-order valence-electron chi connectivity index (χ3n) is 2.66. The van der Waals surface area contributed by atoms with Gasteiger partial charge >= 0.3 is 6.18 Å². The van der Waals surface area contributed by atoms with E-state index in [2.05, 4.69) is 15.6 Å². The quantitative estimate of drug-likeness (QED) is 0.898. The Balaban J connectivity index is 1.99. The molecule has 1 aromatic rings. The highest BCUT2D eigenvalue weighted by atomic mass is 32.1. The van der Waals surface area contributed by atoms with Crippen molar-refractivity contribution in [2.45, 2.75) is 31.9 Å². The zero-order valence-electron chi connectivity index (χ0n) is 10.3. The Morgan fingerprint density at radius 3 is 2.90 bits per heavy atom. The summed E-state index contributed by atoms with van der Waals surface area (Å²) in [5.74, 6) is -1.02. The fourth-order valence-electron chi connectivity index (χ4n) is 1.73. The van der Waals surface area contributed by atoms with E-state index in [1.165, 1.54) is 0 Å². The molecule has 110 valence electrons. The molecule has 0 atom stereocenters. The van der Waals surface area contributed by atoms with Gasteiger partial charge in [0.2, 0.25) is 5.91 Å². The maximum absolute atomic E-state index is 12.0. The number of thiazole rings is 1. The van der Waals surface area contributed by atoms with Crippen LogP contribution in [0.2, 0.25) is 0 Å². The average Bonchev–Trinajstić information content (AvgIpc) is 2.66. The van der Waals surface area contributed by atoms with Gasteiger partial charge in [-0.15, -0.1) is 0 Å². The Morgan fingerprint density at radius 1 is 1.45 bits per heavy atom. The van der Waals surface area contributed by atoms with Crippen molar-refractivity contribution in [2.24, 2.45) is 0 Å². The highest BCUT2D eigenvalue weighted by Crippen LogP contribution is 2.26. The van der Waals surface area contributed by atoms with Crippen LogP contribution >= 0.6 is 11.3 Å². The normalized spacial score (nSPS) is 15.2. The minimum absolute atomic E-state index is 0.166. The molecule has 9 heteroatoms. The Morgan fingerprint density at radius 2 is 2.20 bits per heavy atom. The van der Waals surface area contributed by atoms with Crippen LogP contribution < -0.4 is 10.6 Å². The monoisotopic (exact) mass is 307 g/mol. The maximum atomic E-state index is 12.0. The molecule has 2 amide bonds. The number of hydrogen-bond acceptors (Lipinski definition) is 4. The van der Waals surface area contributed by atoms with E-state index in [9.17, 15) is 22.8 Å². The van der Waals surface area contributed by atoms with Gasteiger partial charge in [-0.3, -0.25) is 9.59 Å². The van der Waals surface area contributed by atoms with Crippen molar-refractivity contribution >= 4 is 28.3 Å². The number of nitrogens with one attached hydrogen (secondary N) is 2. The number of carbonyl (C=O) groups is 2. The number of hydrogen-bond donors (Lipinski definition) is 2. The van der Waals surface area contributed by atoms with Crippen molar-refractivity contribution < 1.29 is 22.8 Å². The Hall–Kier alpha value is -1.64. The summed E-state index contributed by atoms with van der Waals surface area (Å²) in [7, 11) is 0. The second-order valence-electron chi connectivity index (χ2n) is 4.32. The van der Waals surface area contributed by atoms with Crippen LogP contribution in [0.15, 0.2) is 0 Å². The molecule has 0 aromatic carbocycles. The minimum Gasteiger partial charge on any atom is -0.351 e. The molecule has 0 saturated heterocycles. The lowest BCUT2D eigenvalue weighted by atomic mass is 10.2. The molecule has 0 fully saturated rings. The number of aromatic nitrogens is 1. The summed E-state index contributed by atoms with van der Waals surface area (Å²) < 4.78 is 36.0. The number of anilines is 1. The standard InChI is InChI=1S/C11H12F3N3O2S/c12-11(13,14)4-3-7(18)17-10-16-6-2-1-5-15-9(19)8(6)20-10/h1-5H2,(H,15,19)(H,16,17,18). The first-order valence-electron chi connectivity index (χ1n) is 5.99. The summed E-state index contributed by atoms with van der Waals surface area (Å²) in [6.45, 7) is 0.565. The zero-order valence-corrected chi connectivity index (χ0v) is 11.2. The summed E-state index contributed by atoms with van der Waals surface area (Å²) in [5, 5.41) is 5.15. The lowest BCUT2D eigenvalue weighted by Gasteiger charge is -2.05. The Labute approximate surface area is 116 Å². The Bertz CT molecular complexity index is 527. The molecule has 0 unspecified atom stereocenters. The highest BCUT2D eigenvalue weighted by Gasteiger charge is 2.28. The third kappa shape index (κ3) is 3.92. The van der Waals surface area contributed by atoms with Crippen LogP contribution in [0.4, 0.5) is 18.3 Å². The van der Waals surface area contributed by atoms with E-state index in [-0.39, 0.29) is 11.0 Å². The maximum Gasteiger partial charge on any atom is 0.389 e. The molecule has 1 aliphatic rings. The summed E-state index contributed by atoms with van der Waals surface area (Å²) in [5.41, 5.74) is 0.580. The molecule has 1 aliphatic heterocycles. The molecule has 2 heterocycles. The first-order valence-corrected chi connectivity index (χ1v) is 6.81. The largest absolute Gasteiger partial charge is 0.389 e. The summed E-state index contributed by atoms with van der Waals surface area (Å²) >= 11 is 0.982. The first-order chi connectivity index (χ1) is 9.35. The number of nitrogens with zero attached hydrogens (tertiary/aromatic N) is 1. The van der Waals surface area contributed by atoms with Gasteiger partial charge in [-0.1, -0.05) is 11.3 Å². The van der Waals surface area contributed by atoms with Crippen LogP contribution in [0.1, 0.15) is 34.6 Å². The molecule has 0 spiro atoms. The molecular formula is C11H12F3N3O2S. The molecule has 0 radical (unpaired) electrons. The van der Waals surface area contributed by atoms with E-state index in [0.717, 1.165) is 17.8 Å². The van der Waals surface area contributed by atoms with Crippen LogP contribution in [0, 0.1) is 0 Å². The highest BCUT2D eigenvalue weighted by molar-refractivity contribution is 7.17. The second kappa shape index (κ2) is 5.78. The average molecular weight is 307 g/mol. The number of alkyl halides is 3. The zero-order chi connectivity index (χ0) is 14.8. The minimum atomic E-state index is -4.36. The van der Waals surface area contributed by atoms with E-state index >= 15 is 0 Å². The fraction of sp³-hybridized carbons (Fsp3) is 0.545. The molecule has 1 aromatic heterocycles. The lowest BCUT2D eigenvalue weighted by Crippen LogP contribution is -2.21. The van der Waals surface area contributed by atoms with E-state index in [1.807, 2.05) is 0 Å². The molecule has 20 heavy (non-hydrogen) atoms. The number of amides is 2. The number of carbonyl (C=O) groups excluding carboxylic acids is 2. The van der Waals surface area contributed by atoms with Gasteiger partial charge in [0, 0.05) is 13.0 Å². The predicted octanol–water partition coefficient (Wildman–Crippen LogP) is 2.10. The molecule has 0 bridgehead atoms. The molecule has 0 aliphatic carbocycles. The van der Waals surface area contributed by atoms with Crippen LogP contribution in [0.3, 0.4) is 0 Å². The van der Waals surface area contributed by atoms with Crippen LogP contribution in [0.25, 0.3) is 0 Å². The van der Waals surface area contributed by atoms with E-state index in [1.54, 1.807) is 0 Å². The predicted molar refractivity (Wildman–Crippen MR) is 66.7 cm³/mol. The summed E-state index contributed by atoms with van der Waals surface area (Å²) in [6, 6.07) is 0. The van der Waals surface area contributed by atoms with Crippen molar-refractivity contribution in [3.05, 3.63) is 10.6 Å². The van der Waals surface area contributed by atoms with Gasteiger partial charge in [0.1, 0.15) is 4.88 Å². The SMILES string of the molecule is O=C(CCC(F)(F)F)Nc1nc2c(s1)C(=O)NCCC2. The lowest BCUT2D eigenvalue weighted by molar-refractivity contribution is -0.142. The van der Waals surface area contributed by atoms with Gasteiger partial charge < -0.3 is 10.6 Å². The van der Waals surface area contributed by atoms with E-state index in [0.29, 0.717) is 23.5 Å². The van der Waals surface area contributed by atoms with Gasteiger partial charge in [0.25, 0.3) is 5.91 Å². The molecule has 5 nitrogen and oxygen atoms in total. The van der Waals surface area contributed by atoms with Gasteiger partial charge in [-0.05, 0) is 12.8 Å². The number of fused-ring (bicyclic) bond motifs is 1. The van der Waals surface area contributed by atoms with Gasteiger partial charge in [0.05, 0.1) is 12.1 Å². The third-order valence-corrected chi connectivity index (χ3v) is 3.67. The summed E-state index contributed by atoms with van der Waals surface area (Å²) in [6.07, 6.45) is -4.85. The number of rotatable bonds is 3. The molecule has 2 rings (SSSR count). The summed E-state index contributed by atoms with van der Waals surface area (Å²) in [4.78, 5) is 27.5. The van der Waals surface area contributed by atoms with E-state index in [4.69, 9.17) is 0 Å². The smallest absolute Gasteiger partial charge is 0.351 e. The van der Waals surface area contributed by atoms with Crippen LogP contribution in [0.5, 0.6) is 0 Å². The second-order valence-corrected chi connectivity index (χ2v) is 5.32. The number of aryl methyl sites for hydroxylation is 1. The van der Waals surface area contributed by atoms with E-state index < -0.39 is 24.9 Å². The van der Waals surface area contributed by atoms with Crippen LogP contribution in [-0.2, 0) is 11.2 Å². The van der Waals surface area contributed by atoms with Gasteiger partial charge in [0.15, 0.2) is 5.13 Å². The van der Waals surface area contributed by atoms with Crippen molar-refractivity contribution in [1.82, 2.24) is 10.3 Å². The Kier molecular flexibility index (Phi) is 4.26. The molecule has 0 saturated carbocycles. The molecule has 2 N–H and O–H groups in total. The van der Waals surface area contributed by atoms with Crippen molar-refractivity contribution in [1.29, 1.82) is 0 Å². The van der Waals surface area contributed by atoms with Crippen molar-refractivity contribution in [3.8, 4) is 0 Å². The number of halogens is 3. The van der Waals surface area contributed by atoms with Gasteiger partial charge in [-0.25, -0.2) is 4.98 Å². The topological polar surface area (TPSA) is 71.1 Å². The molecular weight excluding hydrogens is 295 g/mol. The van der Waals surface area contributed by atoms with Crippen molar-refractivity contribution in [3.63, 3.8) is 0 Å².